The van der Waals surface area contributed by atoms with E-state index in [9.17, 15) is 14.4 Å². The highest BCUT2D eigenvalue weighted by Gasteiger charge is 2.47. The highest BCUT2D eigenvalue weighted by Crippen LogP contribution is 2.35. The van der Waals surface area contributed by atoms with Gasteiger partial charge in [-0.15, -0.1) is 0 Å². The van der Waals surface area contributed by atoms with Crippen molar-refractivity contribution in [1.29, 1.82) is 0 Å². The molecule has 176 valence electrons. The fourth-order valence-corrected chi connectivity index (χ4v) is 3.65. The molecular formula is C25H31N3O5. The Kier molecular flexibility index (Phi) is 8.06. The van der Waals surface area contributed by atoms with Crippen LogP contribution in [0.4, 0.5) is 10.5 Å². The topological polar surface area (TPSA) is 97.0 Å². The predicted octanol–water partition coefficient (Wildman–Crippen LogP) is 3.56. The van der Waals surface area contributed by atoms with E-state index >= 15 is 0 Å². The molecule has 8 nitrogen and oxygen atoms in total. The average Bonchev–Trinajstić information content (AvgIpc) is 3.11. The number of amides is 3. The molecule has 0 radical (unpaired) electrons. The molecule has 3 amide bonds. The molecule has 1 heterocycles. The lowest BCUT2D eigenvalue weighted by Crippen LogP contribution is -2.48. The summed E-state index contributed by atoms with van der Waals surface area (Å²) >= 11 is 0. The monoisotopic (exact) mass is 453 g/mol. The number of nitrogens with zero attached hydrogens (tertiary/aromatic N) is 1. The van der Waals surface area contributed by atoms with Gasteiger partial charge >= 0.3 is 6.09 Å². The Morgan fingerprint density at radius 1 is 1.18 bits per heavy atom. The van der Waals surface area contributed by atoms with Gasteiger partial charge in [0, 0.05) is 18.8 Å². The average molecular weight is 454 g/mol. The second kappa shape index (κ2) is 11.0. The van der Waals surface area contributed by atoms with Crippen LogP contribution in [0.1, 0.15) is 43.1 Å². The van der Waals surface area contributed by atoms with Crippen LogP contribution in [0.25, 0.3) is 0 Å². The van der Waals surface area contributed by atoms with Crippen molar-refractivity contribution in [3.63, 3.8) is 0 Å². The first kappa shape index (κ1) is 24.3. The molecule has 1 saturated heterocycles. The number of ether oxygens (including phenoxy) is 2. The normalized spacial score (nSPS) is 18.5. The number of hydrogen-bond donors (Lipinski definition) is 2. The van der Waals surface area contributed by atoms with Gasteiger partial charge in [-0.2, -0.15) is 0 Å². The van der Waals surface area contributed by atoms with Crippen molar-refractivity contribution in [2.75, 3.05) is 19.0 Å². The number of carbonyl (C=O) groups excluding carboxylic acids is 3. The van der Waals surface area contributed by atoms with E-state index in [1.807, 2.05) is 45.0 Å². The molecule has 0 unspecified atom stereocenters. The summed E-state index contributed by atoms with van der Waals surface area (Å²) in [7, 11) is 1.44. The number of rotatable bonds is 9. The minimum Gasteiger partial charge on any atom is -0.438 e. The van der Waals surface area contributed by atoms with Crippen molar-refractivity contribution in [1.82, 2.24) is 10.2 Å². The third-order valence-electron chi connectivity index (χ3n) is 5.60. The number of benzene rings is 2. The quantitative estimate of drug-likeness (QED) is 0.605. The smallest absolute Gasteiger partial charge is 0.411 e. The summed E-state index contributed by atoms with van der Waals surface area (Å²) in [4.78, 5) is 39.5. The van der Waals surface area contributed by atoms with E-state index in [0.717, 1.165) is 17.5 Å². The van der Waals surface area contributed by atoms with E-state index < -0.39 is 18.2 Å². The molecule has 33 heavy (non-hydrogen) atoms. The maximum absolute atomic E-state index is 13.3. The van der Waals surface area contributed by atoms with Crippen LogP contribution in [0.5, 0.6) is 0 Å². The molecule has 1 aliphatic heterocycles. The van der Waals surface area contributed by atoms with Crippen LogP contribution in [-0.4, -0.2) is 48.6 Å². The maximum Gasteiger partial charge on any atom is 0.411 e. The molecular weight excluding hydrogens is 422 g/mol. The zero-order valence-corrected chi connectivity index (χ0v) is 19.5. The van der Waals surface area contributed by atoms with Crippen molar-refractivity contribution in [3.8, 4) is 0 Å². The molecule has 2 aromatic rings. The number of nitrogens with one attached hydrogen (secondary N) is 2. The predicted molar refractivity (Wildman–Crippen MR) is 125 cm³/mol. The Balaban J connectivity index is 1.90. The summed E-state index contributed by atoms with van der Waals surface area (Å²) in [6.45, 7) is 6.06. The molecule has 2 N–H and O–H groups in total. The Hall–Kier alpha value is -3.39. The molecule has 1 aliphatic rings. The van der Waals surface area contributed by atoms with E-state index in [0.29, 0.717) is 11.3 Å². The minimum absolute atomic E-state index is 0.0465. The minimum atomic E-state index is -0.849. The largest absolute Gasteiger partial charge is 0.438 e. The zero-order chi connectivity index (χ0) is 24.0. The number of methoxy groups -OCH3 is 1. The van der Waals surface area contributed by atoms with Gasteiger partial charge in [-0.3, -0.25) is 14.5 Å². The highest BCUT2D eigenvalue weighted by molar-refractivity contribution is 5.92. The van der Waals surface area contributed by atoms with E-state index in [4.69, 9.17) is 9.47 Å². The van der Waals surface area contributed by atoms with Crippen LogP contribution in [0.15, 0.2) is 48.5 Å². The molecule has 8 heteroatoms. The molecule has 0 aliphatic carbocycles. The lowest BCUT2D eigenvalue weighted by atomic mass is 9.99. The van der Waals surface area contributed by atoms with Crippen LogP contribution in [-0.2, 0) is 25.6 Å². The van der Waals surface area contributed by atoms with Gasteiger partial charge in [0.05, 0.1) is 6.54 Å². The van der Waals surface area contributed by atoms with Gasteiger partial charge in [0.25, 0.3) is 0 Å². The molecule has 0 aromatic heterocycles. The van der Waals surface area contributed by atoms with Crippen LogP contribution in [0, 0.1) is 6.92 Å². The number of cyclic esters (lactones) is 1. The summed E-state index contributed by atoms with van der Waals surface area (Å²) in [6, 6.07) is 13.9. The van der Waals surface area contributed by atoms with E-state index in [1.54, 1.807) is 24.3 Å². The highest BCUT2D eigenvalue weighted by atomic mass is 16.6. The van der Waals surface area contributed by atoms with Gasteiger partial charge in [-0.05, 0) is 43.5 Å². The molecule has 0 bridgehead atoms. The second-order valence-electron chi connectivity index (χ2n) is 8.29. The van der Waals surface area contributed by atoms with Crippen LogP contribution < -0.4 is 10.6 Å². The molecule has 0 saturated carbocycles. The standard InChI is InChI=1S/C25H31N3O5/c1-5-17(3)26-24(30)22-23(19-7-6-8-20(13-19)27-21(29)15-32-4)33-25(31)28(22)14-18-11-9-16(2)10-12-18/h6-13,17,22-23H,5,14-15H2,1-4H3,(H,26,30)(H,27,29)/t17-,22+,23-/m0/s1. The lowest BCUT2D eigenvalue weighted by molar-refractivity contribution is -0.127. The van der Waals surface area contributed by atoms with Crippen molar-refractivity contribution >= 4 is 23.6 Å². The van der Waals surface area contributed by atoms with Crippen molar-refractivity contribution in [2.24, 2.45) is 0 Å². The van der Waals surface area contributed by atoms with E-state index in [2.05, 4.69) is 10.6 Å². The van der Waals surface area contributed by atoms with Crippen LogP contribution in [0.3, 0.4) is 0 Å². The van der Waals surface area contributed by atoms with Crippen molar-refractivity contribution in [2.45, 2.75) is 51.9 Å². The van der Waals surface area contributed by atoms with Gasteiger partial charge in [-0.1, -0.05) is 48.9 Å². The Morgan fingerprint density at radius 2 is 1.91 bits per heavy atom. The first-order valence-corrected chi connectivity index (χ1v) is 11.0. The molecule has 2 aromatic carbocycles. The zero-order valence-electron chi connectivity index (χ0n) is 19.5. The van der Waals surface area contributed by atoms with Crippen molar-refractivity contribution < 1.29 is 23.9 Å². The molecule has 3 rings (SSSR count). The van der Waals surface area contributed by atoms with Gasteiger partial charge < -0.3 is 20.1 Å². The summed E-state index contributed by atoms with van der Waals surface area (Å²) in [6.07, 6.45) is -0.610. The van der Waals surface area contributed by atoms with E-state index in [-0.39, 0.29) is 31.0 Å². The maximum atomic E-state index is 13.3. The summed E-state index contributed by atoms with van der Waals surface area (Å²) < 4.78 is 10.6. The fourth-order valence-electron chi connectivity index (χ4n) is 3.65. The summed E-state index contributed by atoms with van der Waals surface area (Å²) in [5.41, 5.74) is 3.16. The Labute approximate surface area is 194 Å². The number of hydrogen-bond acceptors (Lipinski definition) is 5. The molecule has 3 atom stereocenters. The second-order valence-corrected chi connectivity index (χ2v) is 8.29. The van der Waals surface area contributed by atoms with Gasteiger partial charge in [0.15, 0.2) is 12.1 Å². The number of carbonyl (C=O) groups is 3. The lowest BCUT2D eigenvalue weighted by Gasteiger charge is -2.26. The molecule has 1 fully saturated rings. The van der Waals surface area contributed by atoms with Gasteiger partial charge in [-0.25, -0.2) is 4.79 Å². The summed E-state index contributed by atoms with van der Waals surface area (Å²) in [5.74, 6) is -0.578. The van der Waals surface area contributed by atoms with E-state index in [1.165, 1.54) is 12.0 Å². The SMILES string of the molecule is CC[C@H](C)NC(=O)[C@H]1[C@H](c2cccc(NC(=O)COC)c2)OC(=O)N1Cc1ccc(C)cc1. The Morgan fingerprint density at radius 3 is 2.58 bits per heavy atom. The van der Waals surface area contributed by atoms with Crippen LogP contribution in [0.2, 0.25) is 0 Å². The number of aryl methyl sites for hydroxylation is 1. The fraction of sp³-hybridized carbons (Fsp3) is 0.400. The first-order valence-electron chi connectivity index (χ1n) is 11.0. The summed E-state index contributed by atoms with van der Waals surface area (Å²) in [5, 5.41) is 5.72. The van der Waals surface area contributed by atoms with Crippen molar-refractivity contribution in [3.05, 3.63) is 65.2 Å². The molecule has 0 spiro atoms. The number of anilines is 1. The van der Waals surface area contributed by atoms with Gasteiger partial charge in [0.2, 0.25) is 11.8 Å². The van der Waals surface area contributed by atoms with Gasteiger partial charge in [0.1, 0.15) is 6.61 Å². The third kappa shape index (κ3) is 6.10. The Bertz CT molecular complexity index is 992. The first-order chi connectivity index (χ1) is 15.8. The third-order valence-corrected chi connectivity index (χ3v) is 5.60. The van der Waals surface area contributed by atoms with Crippen LogP contribution >= 0.6 is 0 Å².